The van der Waals surface area contributed by atoms with Gasteiger partial charge < -0.3 is 9.64 Å². The molecule has 0 aromatic rings. The third-order valence-corrected chi connectivity index (χ3v) is 4.54. The predicted molar refractivity (Wildman–Crippen MR) is 81.4 cm³/mol. The third kappa shape index (κ3) is 5.07. The van der Waals surface area contributed by atoms with Crippen molar-refractivity contribution in [2.24, 2.45) is 17.8 Å². The number of ether oxygens (including phenoxy) is 1. The fourth-order valence-corrected chi connectivity index (χ4v) is 3.66. The largest absolute Gasteiger partial charge is 0.375 e. The van der Waals surface area contributed by atoms with Crippen LogP contribution < -0.4 is 0 Å². The fraction of sp³-hybridized carbons (Fsp3) is 1.00. The molecule has 0 bridgehead atoms. The molecule has 0 amide bonds. The number of hydrogen-bond acceptors (Lipinski definition) is 2. The van der Waals surface area contributed by atoms with E-state index in [9.17, 15) is 0 Å². The standard InChI is InChI=1S/C17H33NO/c1-13(2)9-15-10-17(11-15)19-16-5-7-18(8-6-16)12-14(3)4/h13-17H,5-12H2,1-4H3/t15-,17-. The van der Waals surface area contributed by atoms with Crippen molar-refractivity contribution in [1.29, 1.82) is 0 Å². The number of likely N-dealkylation sites (tertiary alicyclic amines) is 1. The molecule has 1 saturated heterocycles. The molecule has 0 atom stereocenters. The van der Waals surface area contributed by atoms with Gasteiger partial charge in [0.15, 0.2) is 0 Å². The quantitative estimate of drug-likeness (QED) is 0.722. The maximum absolute atomic E-state index is 6.27. The average Bonchev–Trinajstić information content (AvgIpc) is 2.27. The SMILES string of the molecule is CC(C)CN1CCC(O[C@H]2C[C@H](CC(C)C)C2)CC1. The molecular weight excluding hydrogens is 234 g/mol. The minimum absolute atomic E-state index is 0.549. The molecule has 0 aromatic heterocycles. The second kappa shape index (κ2) is 7.08. The van der Waals surface area contributed by atoms with Crippen LogP contribution in [0.2, 0.25) is 0 Å². The molecule has 2 nitrogen and oxygen atoms in total. The Hall–Kier alpha value is -0.0800. The molecule has 0 radical (unpaired) electrons. The van der Waals surface area contributed by atoms with Crippen molar-refractivity contribution in [1.82, 2.24) is 4.90 Å². The van der Waals surface area contributed by atoms with E-state index < -0.39 is 0 Å². The summed E-state index contributed by atoms with van der Waals surface area (Å²) in [6.45, 7) is 13.0. The van der Waals surface area contributed by atoms with E-state index in [1.165, 1.54) is 51.7 Å². The molecule has 2 fully saturated rings. The minimum Gasteiger partial charge on any atom is -0.375 e. The molecule has 0 N–H and O–H groups in total. The van der Waals surface area contributed by atoms with E-state index in [1.54, 1.807) is 0 Å². The van der Waals surface area contributed by atoms with E-state index in [-0.39, 0.29) is 0 Å². The summed E-state index contributed by atoms with van der Waals surface area (Å²) in [5.41, 5.74) is 0. The number of hydrogen-bond donors (Lipinski definition) is 0. The first kappa shape index (κ1) is 15.3. The summed E-state index contributed by atoms with van der Waals surface area (Å²) in [4.78, 5) is 2.60. The van der Waals surface area contributed by atoms with Crippen LogP contribution in [0, 0.1) is 17.8 Å². The van der Waals surface area contributed by atoms with Gasteiger partial charge in [-0.15, -0.1) is 0 Å². The second-order valence-corrected chi connectivity index (χ2v) is 7.62. The maximum Gasteiger partial charge on any atom is 0.0603 e. The lowest BCUT2D eigenvalue weighted by atomic mass is 9.77. The van der Waals surface area contributed by atoms with Crippen LogP contribution in [-0.4, -0.2) is 36.7 Å². The summed E-state index contributed by atoms with van der Waals surface area (Å²) < 4.78 is 6.27. The van der Waals surface area contributed by atoms with Gasteiger partial charge in [-0.1, -0.05) is 27.7 Å². The van der Waals surface area contributed by atoms with Crippen LogP contribution in [-0.2, 0) is 4.74 Å². The van der Waals surface area contributed by atoms with E-state index >= 15 is 0 Å². The van der Waals surface area contributed by atoms with Crippen molar-refractivity contribution in [3.05, 3.63) is 0 Å². The molecule has 2 aliphatic rings. The lowest BCUT2D eigenvalue weighted by molar-refractivity contribution is -0.0967. The van der Waals surface area contributed by atoms with Gasteiger partial charge in [-0.25, -0.2) is 0 Å². The average molecular weight is 267 g/mol. The normalized spacial score (nSPS) is 30.0. The van der Waals surface area contributed by atoms with Crippen molar-refractivity contribution in [2.75, 3.05) is 19.6 Å². The highest BCUT2D eigenvalue weighted by molar-refractivity contribution is 4.83. The van der Waals surface area contributed by atoms with Crippen LogP contribution >= 0.6 is 0 Å². The van der Waals surface area contributed by atoms with Gasteiger partial charge in [0.1, 0.15) is 0 Å². The molecule has 2 heteroatoms. The van der Waals surface area contributed by atoms with Crippen molar-refractivity contribution in [3.8, 4) is 0 Å². The summed E-state index contributed by atoms with van der Waals surface area (Å²) in [5, 5.41) is 0. The molecule has 112 valence electrons. The Kier molecular flexibility index (Phi) is 5.70. The number of piperidine rings is 1. The van der Waals surface area contributed by atoms with E-state index in [0.717, 1.165) is 17.8 Å². The summed E-state index contributed by atoms with van der Waals surface area (Å²) in [6, 6.07) is 0. The van der Waals surface area contributed by atoms with Crippen LogP contribution in [0.5, 0.6) is 0 Å². The van der Waals surface area contributed by atoms with E-state index in [2.05, 4.69) is 32.6 Å². The highest BCUT2D eigenvalue weighted by Crippen LogP contribution is 2.36. The zero-order valence-corrected chi connectivity index (χ0v) is 13.4. The lowest BCUT2D eigenvalue weighted by Crippen LogP contribution is -2.42. The van der Waals surface area contributed by atoms with Gasteiger partial charge in [-0.05, 0) is 49.9 Å². The first-order chi connectivity index (χ1) is 9.02. The molecule has 1 heterocycles. The van der Waals surface area contributed by atoms with Gasteiger partial charge in [0.2, 0.25) is 0 Å². The maximum atomic E-state index is 6.27. The molecule has 0 aromatic carbocycles. The molecule has 2 rings (SSSR count). The van der Waals surface area contributed by atoms with E-state index in [0.29, 0.717) is 12.2 Å². The van der Waals surface area contributed by atoms with Crippen LogP contribution in [0.25, 0.3) is 0 Å². The topological polar surface area (TPSA) is 12.5 Å². The summed E-state index contributed by atoms with van der Waals surface area (Å²) >= 11 is 0. The highest BCUT2D eigenvalue weighted by Gasteiger charge is 2.32. The van der Waals surface area contributed by atoms with E-state index in [4.69, 9.17) is 4.74 Å². The van der Waals surface area contributed by atoms with Crippen molar-refractivity contribution < 1.29 is 4.74 Å². The van der Waals surface area contributed by atoms with E-state index in [1.807, 2.05) is 0 Å². The fourth-order valence-electron chi connectivity index (χ4n) is 3.66. The summed E-state index contributed by atoms with van der Waals surface area (Å²) in [6.07, 6.45) is 7.68. The van der Waals surface area contributed by atoms with Gasteiger partial charge in [0, 0.05) is 19.6 Å². The minimum atomic E-state index is 0.549. The monoisotopic (exact) mass is 267 g/mol. The highest BCUT2D eigenvalue weighted by atomic mass is 16.5. The third-order valence-electron chi connectivity index (χ3n) is 4.54. The zero-order valence-electron chi connectivity index (χ0n) is 13.4. The van der Waals surface area contributed by atoms with Crippen LogP contribution in [0.15, 0.2) is 0 Å². The zero-order chi connectivity index (χ0) is 13.8. The summed E-state index contributed by atoms with van der Waals surface area (Å²) in [5.74, 6) is 2.59. The summed E-state index contributed by atoms with van der Waals surface area (Å²) in [7, 11) is 0. The molecule has 0 spiro atoms. The van der Waals surface area contributed by atoms with Gasteiger partial charge >= 0.3 is 0 Å². The lowest BCUT2D eigenvalue weighted by Gasteiger charge is -2.41. The Morgan fingerprint density at radius 2 is 1.58 bits per heavy atom. The first-order valence-corrected chi connectivity index (χ1v) is 8.40. The number of nitrogens with zero attached hydrogens (tertiary/aromatic N) is 1. The second-order valence-electron chi connectivity index (χ2n) is 7.62. The molecule has 19 heavy (non-hydrogen) atoms. The van der Waals surface area contributed by atoms with Gasteiger partial charge in [-0.2, -0.15) is 0 Å². The predicted octanol–water partition coefficient (Wildman–Crippen LogP) is 3.95. The molecule has 1 aliphatic heterocycles. The van der Waals surface area contributed by atoms with Gasteiger partial charge in [0.25, 0.3) is 0 Å². The Morgan fingerprint density at radius 1 is 0.947 bits per heavy atom. The Labute approximate surface area is 119 Å². The van der Waals surface area contributed by atoms with Crippen LogP contribution in [0.1, 0.15) is 59.8 Å². The van der Waals surface area contributed by atoms with Gasteiger partial charge in [0.05, 0.1) is 12.2 Å². The molecule has 0 unspecified atom stereocenters. The molecule has 1 aliphatic carbocycles. The Balaban J connectivity index is 1.57. The Morgan fingerprint density at radius 3 is 2.11 bits per heavy atom. The molecular formula is C17H33NO. The van der Waals surface area contributed by atoms with Gasteiger partial charge in [-0.3, -0.25) is 0 Å². The van der Waals surface area contributed by atoms with Crippen LogP contribution in [0.3, 0.4) is 0 Å². The van der Waals surface area contributed by atoms with Crippen LogP contribution in [0.4, 0.5) is 0 Å². The first-order valence-electron chi connectivity index (χ1n) is 8.40. The van der Waals surface area contributed by atoms with Crippen molar-refractivity contribution in [2.45, 2.75) is 72.0 Å². The van der Waals surface area contributed by atoms with Crippen molar-refractivity contribution >= 4 is 0 Å². The molecule has 1 saturated carbocycles. The Bertz CT molecular complexity index is 250. The smallest absolute Gasteiger partial charge is 0.0603 e. The van der Waals surface area contributed by atoms with Crippen molar-refractivity contribution in [3.63, 3.8) is 0 Å². The number of rotatable bonds is 6.